The highest BCUT2D eigenvalue weighted by atomic mass is 32.2. The van der Waals surface area contributed by atoms with Gasteiger partial charge in [-0.15, -0.1) is 0 Å². The van der Waals surface area contributed by atoms with Crippen LogP contribution in [0.1, 0.15) is 49.2 Å². The van der Waals surface area contributed by atoms with Gasteiger partial charge in [-0.05, 0) is 50.6 Å². The number of nitrogens with zero attached hydrogens (tertiary/aromatic N) is 2. The fourth-order valence-electron chi connectivity index (χ4n) is 3.05. The SMILES string of the molecule is CC[C@@H](C)n1c(SCc2cc(C(C)=O)ccc2OC)nc2ccccc2c1=O. The van der Waals surface area contributed by atoms with Gasteiger partial charge in [-0.1, -0.05) is 30.8 Å². The lowest BCUT2D eigenvalue weighted by Crippen LogP contribution is -2.26. The predicted octanol–water partition coefficient (Wildman–Crippen LogP) is 4.87. The van der Waals surface area contributed by atoms with Gasteiger partial charge >= 0.3 is 0 Å². The molecule has 0 amide bonds. The number of ether oxygens (including phenoxy) is 1. The van der Waals surface area contributed by atoms with Gasteiger partial charge in [-0.2, -0.15) is 0 Å². The van der Waals surface area contributed by atoms with Crippen molar-refractivity contribution >= 4 is 28.4 Å². The van der Waals surface area contributed by atoms with Gasteiger partial charge in [0.05, 0.1) is 18.0 Å². The summed E-state index contributed by atoms with van der Waals surface area (Å²) >= 11 is 1.48. The van der Waals surface area contributed by atoms with Crippen molar-refractivity contribution in [3.8, 4) is 5.75 Å². The maximum Gasteiger partial charge on any atom is 0.262 e. The van der Waals surface area contributed by atoms with Crippen molar-refractivity contribution in [2.24, 2.45) is 0 Å². The van der Waals surface area contributed by atoms with Crippen LogP contribution < -0.4 is 10.3 Å². The van der Waals surface area contributed by atoms with E-state index >= 15 is 0 Å². The van der Waals surface area contributed by atoms with E-state index in [0.29, 0.717) is 27.4 Å². The molecule has 3 rings (SSSR count). The molecule has 0 aliphatic heterocycles. The third-order valence-corrected chi connectivity index (χ3v) is 5.85. The van der Waals surface area contributed by atoms with Gasteiger partial charge in [0.15, 0.2) is 10.9 Å². The van der Waals surface area contributed by atoms with E-state index in [1.807, 2.05) is 43.3 Å². The van der Waals surface area contributed by atoms with Crippen LogP contribution in [0.5, 0.6) is 5.75 Å². The van der Waals surface area contributed by atoms with Crippen LogP contribution in [0.4, 0.5) is 0 Å². The first kappa shape index (κ1) is 20.1. The predicted molar refractivity (Wildman–Crippen MR) is 114 cm³/mol. The van der Waals surface area contributed by atoms with Crippen LogP contribution in [0.25, 0.3) is 10.9 Å². The molecule has 6 heteroatoms. The first-order valence-corrected chi connectivity index (χ1v) is 10.3. The van der Waals surface area contributed by atoms with Gasteiger partial charge in [0, 0.05) is 22.9 Å². The number of thioether (sulfide) groups is 1. The molecule has 0 saturated heterocycles. The lowest BCUT2D eigenvalue weighted by Gasteiger charge is -2.18. The summed E-state index contributed by atoms with van der Waals surface area (Å²) in [5, 5.41) is 1.30. The molecular formula is C22H24N2O3S. The molecule has 0 saturated carbocycles. The Balaban J connectivity index is 2.04. The monoisotopic (exact) mass is 396 g/mol. The van der Waals surface area contributed by atoms with Crippen molar-refractivity contribution < 1.29 is 9.53 Å². The first-order chi connectivity index (χ1) is 13.5. The maximum absolute atomic E-state index is 13.1. The molecule has 28 heavy (non-hydrogen) atoms. The molecule has 0 N–H and O–H groups in total. The third kappa shape index (κ3) is 3.97. The molecule has 146 valence electrons. The Hall–Kier alpha value is -2.60. The number of carbonyl (C=O) groups is 1. The number of rotatable bonds is 7. The van der Waals surface area contributed by atoms with Crippen LogP contribution in [-0.2, 0) is 5.75 Å². The van der Waals surface area contributed by atoms with Gasteiger partial charge in [0.2, 0.25) is 0 Å². The van der Waals surface area contributed by atoms with E-state index in [1.54, 1.807) is 24.7 Å². The van der Waals surface area contributed by atoms with Crippen LogP contribution >= 0.6 is 11.8 Å². The molecule has 1 atom stereocenters. The molecule has 1 aromatic heterocycles. The topological polar surface area (TPSA) is 61.2 Å². The molecule has 0 aliphatic rings. The molecule has 2 aromatic carbocycles. The molecule has 0 radical (unpaired) electrons. The van der Waals surface area contributed by atoms with E-state index in [2.05, 4.69) is 6.92 Å². The average molecular weight is 397 g/mol. The molecule has 0 bridgehead atoms. The zero-order chi connectivity index (χ0) is 20.3. The summed E-state index contributed by atoms with van der Waals surface area (Å²) in [6.07, 6.45) is 0.830. The Morgan fingerprint density at radius 3 is 2.68 bits per heavy atom. The number of ketones is 1. The number of carbonyl (C=O) groups excluding carboxylic acids is 1. The zero-order valence-corrected chi connectivity index (χ0v) is 17.4. The van der Waals surface area contributed by atoms with Gasteiger partial charge in [-0.3, -0.25) is 14.2 Å². The standard InChI is InChI=1S/C22H24N2O3S/c1-5-14(2)24-21(26)18-8-6-7-9-19(18)23-22(24)28-13-17-12-16(15(3)25)10-11-20(17)27-4/h6-12,14H,5,13H2,1-4H3/t14-/m1/s1. The number of benzene rings is 2. The molecular weight excluding hydrogens is 372 g/mol. The smallest absolute Gasteiger partial charge is 0.262 e. The summed E-state index contributed by atoms with van der Waals surface area (Å²) in [5.74, 6) is 1.27. The molecule has 5 nitrogen and oxygen atoms in total. The van der Waals surface area contributed by atoms with Gasteiger partial charge in [0.1, 0.15) is 5.75 Å². The van der Waals surface area contributed by atoms with Crippen molar-refractivity contribution in [2.45, 2.75) is 44.1 Å². The van der Waals surface area contributed by atoms with E-state index in [9.17, 15) is 9.59 Å². The van der Waals surface area contributed by atoms with Crippen molar-refractivity contribution in [3.05, 3.63) is 63.9 Å². The lowest BCUT2D eigenvalue weighted by atomic mass is 10.1. The number of hydrogen-bond donors (Lipinski definition) is 0. The second kappa shape index (κ2) is 8.61. The number of para-hydroxylation sites is 1. The average Bonchev–Trinajstić information content (AvgIpc) is 2.71. The van der Waals surface area contributed by atoms with Gasteiger partial charge in [0.25, 0.3) is 5.56 Å². The van der Waals surface area contributed by atoms with Crippen LogP contribution in [0, 0.1) is 0 Å². The summed E-state index contributed by atoms with van der Waals surface area (Å²) in [5.41, 5.74) is 2.21. The molecule has 0 spiro atoms. The van der Waals surface area contributed by atoms with Crippen molar-refractivity contribution in [3.63, 3.8) is 0 Å². The first-order valence-electron chi connectivity index (χ1n) is 9.28. The number of methoxy groups -OCH3 is 1. The summed E-state index contributed by atoms with van der Waals surface area (Å²) in [6.45, 7) is 5.63. The normalized spacial score (nSPS) is 12.1. The minimum Gasteiger partial charge on any atom is -0.496 e. The fourth-order valence-corrected chi connectivity index (χ4v) is 4.13. The summed E-state index contributed by atoms with van der Waals surface area (Å²) in [7, 11) is 1.61. The molecule has 3 aromatic rings. The fraction of sp³-hybridized carbons (Fsp3) is 0.318. The highest BCUT2D eigenvalue weighted by Crippen LogP contribution is 2.30. The lowest BCUT2D eigenvalue weighted by molar-refractivity contribution is 0.101. The number of hydrogen-bond acceptors (Lipinski definition) is 5. The van der Waals surface area contributed by atoms with E-state index in [-0.39, 0.29) is 17.4 Å². The number of fused-ring (bicyclic) bond motifs is 1. The highest BCUT2D eigenvalue weighted by molar-refractivity contribution is 7.98. The van der Waals surface area contributed by atoms with E-state index < -0.39 is 0 Å². The van der Waals surface area contributed by atoms with Crippen LogP contribution in [0.15, 0.2) is 52.4 Å². The molecule has 1 heterocycles. The third-order valence-electron chi connectivity index (χ3n) is 4.85. The Kier molecular flexibility index (Phi) is 6.19. The molecule has 0 fully saturated rings. The Morgan fingerprint density at radius 2 is 2.00 bits per heavy atom. The minimum absolute atomic E-state index is 0.00856. The summed E-state index contributed by atoms with van der Waals surface area (Å²) in [6, 6.07) is 12.9. The van der Waals surface area contributed by atoms with Crippen LogP contribution in [0.2, 0.25) is 0 Å². The highest BCUT2D eigenvalue weighted by Gasteiger charge is 2.16. The van der Waals surface area contributed by atoms with Crippen LogP contribution in [-0.4, -0.2) is 22.4 Å². The summed E-state index contributed by atoms with van der Waals surface area (Å²) in [4.78, 5) is 29.6. The quantitative estimate of drug-likeness (QED) is 0.324. The van der Waals surface area contributed by atoms with Crippen molar-refractivity contribution in [2.75, 3.05) is 7.11 Å². The maximum atomic E-state index is 13.1. The van der Waals surface area contributed by atoms with Crippen LogP contribution in [0.3, 0.4) is 0 Å². The second-order valence-corrected chi connectivity index (χ2v) is 7.66. The Labute approximate surface area is 168 Å². The van der Waals surface area contributed by atoms with E-state index in [0.717, 1.165) is 17.7 Å². The summed E-state index contributed by atoms with van der Waals surface area (Å²) < 4.78 is 7.22. The van der Waals surface area contributed by atoms with E-state index in [4.69, 9.17) is 9.72 Å². The molecule has 0 unspecified atom stereocenters. The largest absolute Gasteiger partial charge is 0.496 e. The number of aromatic nitrogens is 2. The second-order valence-electron chi connectivity index (χ2n) is 6.72. The van der Waals surface area contributed by atoms with Gasteiger partial charge in [-0.25, -0.2) is 4.98 Å². The Morgan fingerprint density at radius 1 is 1.25 bits per heavy atom. The van der Waals surface area contributed by atoms with E-state index in [1.165, 1.54) is 11.8 Å². The van der Waals surface area contributed by atoms with Gasteiger partial charge < -0.3 is 4.74 Å². The minimum atomic E-state index is -0.0214. The molecule has 0 aliphatic carbocycles. The number of Topliss-reactive ketones (excluding diaryl/α,β-unsaturated/α-hetero) is 1. The van der Waals surface area contributed by atoms with Crippen molar-refractivity contribution in [1.82, 2.24) is 9.55 Å². The Bertz CT molecular complexity index is 1080. The van der Waals surface area contributed by atoms with Crippen molar-refractivity contribution in [1.29, 1.82) is 0 Å². The zero-order valence-electron chi connectivity index (χ0n) is 16.6.